The molecule has 0 saturated carbocycles. The van der Waals surface area contributed by atoms with E-state index in [4.69, 9.17) is 0 Å². The zero-order valence-corrected chi connectivity index (χ0v) is 6.89. The van der Waals surface area contributed by atoms with Gasteiger partial charge in [0, 0.05) is 19.1 Å². The van der Waals surface area contributed by atoms with E-state index in [2.05, 4.69) is 22.3 Å². The molecule has 0 aliphatic carbocycles. The predicted molar refractivity (Wildman–Crippen MR) is 41.3 cm³/mol. The maximum atomic E-state index is 10.9. The van der Waals surface area contributed by atoms with Crippen LogP contribution in [0.2, 0.25) is 0 Å². The Bertz CT molecular complexity index is 141. The van der Waals surface area contributed by atoms with Gasteiger partial charge in [-0.25, -0.2) is 0 Å². The number of esters is 1. The molecule has 0 aromatic rings. The lowest BCUT2D eigenvalue weighted by Gasteiger charge is -2.26. The number of carbonyl (C=O) groups excluding carboxylic acids is 1. The number of hydrogen-bond donors (Lipinski definition) is 2. The van der Waals surface area contributed by atoms with E-state index in [0.29, 0.717) is 12.6 Å². The second kappa shape index (κ2) is 3.69. The fourth-order valence-corrected chi connectivity index (χ4v) is 1.09. The van der Waals surface area contributed by atoms with Gasteiger partial charge < -0.3 is 15.4 Å². The average molecular weight is 158 g/mol. The van der Waals surface area contributed by atoms with Gasteiger partial charge in [-0.2, -0.15) is 0 Å². The molecule has 4 heteroatoms. The summed E-state index contributed by atoms with van der Waals surface area (Å²) in [5, 5.41) is 6.27. The Labute approximate surface area is 66.3 Å². The van der Waals surface area contributed by atoms with Crippen molar-refractivity contribution in [1.29, 1.82) is 0 Å². The lowest BCUT2D eigenvalue weighted by Crippen LogP contribution is -2.56. The normalized spacial score (nSPS) is 31.5. The highest BCUT2D eigenvalue weighted by Crippen LogP contribution is 1.94. The zero-order valence-electron chi connectivity index (χ0n) is 6.89. The average Bonchev–Trinajstić information content (AvgIpc) is 2.05. The molecule has 4 nitrogen and oxygen atoms in total. The summed E-state index contributed by atoms with van der Waals surface area (Å²) in [6, 6.07) is 0.270. The molecule has 1 fully saturated rings. The van der Waals surface area contributed by atoms with Crippen LogP contribution in [0, 0.1) is 0 Å². The van der Waals surface area contributed by atoms with E-state index in [1.807, 2.05) is 0 Å². The van der Waals surface area contributed by atoms with Gasteiger partial charge in [0.05, 0.1) is 7.11 Å². The Kier molecular flexibility index (Phi) is 2.84. The van der Waals surface area contributed by atoms with Gasteiger partial charge in [-0.15, -0.1) is 0 Å². The van der Waals surface area contributed by atoms with Crippen LogP contribution in [0.15, 0.2) is 0 Å². The third kappa shape index (κ3) is 2.17. The van der Waals surface area contributed by atoms with Gasteiger partial charge in [0.15, 0.2) is 0 Å². The number of piperazine rings is 1. The minimum atomic E-state index is -0.190. The summed E-state index contributed by atoms with van der Waals surface area (Å²) in [5.41, 5.74) is 0. The van der Waals surface area contributed by atoms with Gasteiger partial charge in [-0.05, 0) is 6.92 Å². The molecule has 0 bridgehead atoms. The molecule has 0 amide bonds. The first-order chi connectivity index (χ1) is 5.24. The summed E-state index contributed by atoms with van der Waals surface area (Å²) in [4.78, 5) is 10.9. The number of rotatable bonds is 1. The number of methoxy groups -OCH3 is 1. The molecule has 0 unspecified atom stereocenters. The van der Waals surface area contributed by atoms with Crippen LogP contribution in [0.1, 0.15) is 6.92 Å². The van der Waals surface area contributed by atoms with Crippen molar-refractivity contribution < 1.29 is 9.53 Å². The van der Waals surface area contributed by atoms with Crippen LogP contribution in [0.5, 0.6) is 0 Å². The van der Waals surface area contributed by atoms with E-state index in [1.165, 1.54) is 7.11 Å². The Balaban J connectivity index is 2.33. The van der Waals surface area contributed by atoms with E-state index >= 15 is 0 Å². The van der Waals surface area contributed by atoms with Crippen molar-refractivity contribution in [2.75, 3.05) is 20.2 Å². The van der Waals surface area contributed by atoms with Crippen molar-refractivity contribution >= 4 is 5.97 Å². The van der Waals surface area contributed by atoms with E-state index in [1.54, 1.807) is 0 Å². The molecular weight excluding hydrogens is 144 g/mol. The fourth-order valence-electron chi connectivity index (χ4n) is 1.09. The lowest BCUT2D eigenvalue weighted by molar-refractivity contribution is -0.143. The van der Waals surface area contributed by atoms with Crippen LogP contribution in [0.25, 0.3) is 0 Å². The Hall–Kier alpha value is -0.610. The van der Waals surface area contributed by atoms with Crippen molar-refractivity contribution in [1.82, 2.24) is 10.6 Å². The maximum absolute atomic E-state index is 10.9. The fraction of sp³-hybridized carbons (Fsp3) is 0.857. The minimum Gasteiger partial charge on any atom is -0.468 e. The second-order valence-electron chi connectivity index (χ2n) is 2.79. The highest BCUT2D eigenvalue weighted by molar-refractivity contribution is 5.76. The molecule has 0 aromatic heterocycles. The predicted octanol–water partition coefficient (Wildman–Crippen LogP) is -0.891. The molecule has 2 atom stereocenters. The molecule has 1 heterocycles. The molecule has 1 saturated heterocycles. The zero-order chi connectivity index (χ0) is 8.27. The standard InChI is InChI=1S/C7H14N2O2/c1-5-3-9-6(4-8-5)7(10)11-2/h5-6,8-9H,3-4H2,1-2H3/t5-,6-/m0/s1. The number of nitrogens with one attached hydrogen (secondary N) is 2. The number of carbonyl (C=O) groups is 1. The van der Waals surface area contributed by atoms with Crippen LogP contribution in [-0.2, 0) is 9.53 Å². The Morgan fingerprint density at radius 3 is 2.64 bits per heavy atom. The first kappa shape index (κ1) is 8.49. The van der Waals surface area contributed by atoms with Gasteiger partial charge >= 0.3 is 5.97 Å². The smallest absolute Gasteiger partial charge is 0.324 e. The number of ether oxygens (including phenoxy) is 1. The van der Waals surface area contributed by atoms with E-state index in [0.717, 1.165) is 6.54 Å². The summed E-state index contributed by atoms with van der Waals surface area (Å²) in [7, 11) is 1.40. The highest BCUT2D eigenvalue weighted by atomic mass is 16.5. The molecule has 0 radical (unpaired) electrons. The van der Waals surface area contributed by atoms with Crippen LogP contribution in [0.4, 0.5) is 0 Å². The van der Waals surface area contributed by atoms with Crippen LogP contribution in [0.3, 0.4) is 0 Å². The molecule has 11 heavy (non-hydrogen) atoms. The number of hydrogen-bond acceptors (Lipinski definition) is 4. The van der Waals surface area contributed by atoms with E-state index < -0.39 is 0 Å². The van der Waals surface area contributed by atoms with Gasteiger partial charge in [0.2, 0.25) is 0 Å². The van der Waals surface area contributed by atoms with E-state index in [-0.39, 0.29) is 12.0 Å². The van der Waals surface area contributed by atoms with Crippen molar-refractivity contribution in [3.63, 3.8) is 0 Å². The van der Waals surface area contributed by atoms with Gasteiger partial charge in [-0.3, -0.25) is 4.79 Å². The Morgan fingerprint density at radius 2 is 2.18 bits per heavy atom. The SMILES string of the molecule is COC(=O)[C@@H]1CN[C@@H](C)CN1. The maximum Gasteiger partial charge on any atom is 0.324 e. The summed E-state index contributed by atoms with van der Waals surface area (Å²) in [5.74, 6) is -0.190. The second-order valence-corrected chi connectivity index (χ2v) is 2.79. The summed E-state index contributed by atoms with van der Waals surface area (Å²) >= 11 is 0. The summed E-state index contributed by atoms with van der Waals surface area (Å²) in [6.45, 7) is 3.55. The van der Waals surface area contributed by atoms with Crippen LogP contribution in [-0.4, -0.2) is 38.3 Å². The molecular formula is C7H14N2O2. The Morgan fingerprint density at radius 1 is 1.45 bits per heavy atom. The van der Waals surface area contributed by atoms with Crippen molar-refractivity contribution in [2.24, 2.45) is 0 Å². The molecule has 2 N–H and O–H groups in total. The molecule has 1 rings (SSSR count). The largest absolute Gasteiger partial charge is 0.468 e. The minimum absolute atomic E-state index is 0.170. The van der Waals surface area contributed by atoms with Crippen molar-refractivity contribution in [3.8, 4) is 0 Å². The van der Waals surface area contributed by atoms with Crippen LogP contribution < -0.4 is 10.6 Å². The molecule has 1 aliphatic rings. The van der Waals surface area contributed by atoms with Gasteiger partial charge in [0.1, 0.15) is 6.04 Å². The van der Waals surface area contributed by atoms with Crippen molar-refractivity contribution in [3.05, 3.63) is 0 Å². The van der Waals surface area contributed by atoms with Crippen molar-refractivity contribution in [2.45, 2.75) is 19.0 Å². The monoisotopic (exact) mass is 158 g/mol. The lowest BCUT2D eigenvalue weighted by atomic mass is 10.2. The topological polar surface area (TPSA) is 50.4 Å². The van der Waals surface area contributed by atoms with Gasteiger partial charge in [0.25, 0.3) is 0 Å². The third-order valence-corrected chi connectivity index (χ3v) is 1.83. The first-order valence-electron chi connectivity index (χ1n) is 3.78. The molecule has 0 aromatic carbocycles. The summed E-state index contributed by atoms with van der Waals surface area (Å²) < 4.78 is 4.58. The third-order valence-electron chi connectivity index (χ3n) is 1.83. The summed E-state index contributed by atoms with van der Waals surface area (Å²) in [6.07, 6.45) is 0. The quantitative estimate of drug-likeness (QED) is 0.486. The highest BCUT2D eigenvalue weighted by Gasteiger charge is 2.23. The molecule has 64 valence electrons. The van der Waals surface area contributed by atoms with Gasteiger partial charge in [-0.1, -0.05) is 0 Å². The van der Waals surface area contributed by atoms with Crippen LogP contribution >= 0.6 is 0 Å². The molecule has 0 spiro atoms. The first-order valence-corrected chi connectivity index (χ1v) is 3.78. The van der Waals surface area contributed by atoms with E-state index in [9.17, 15) is 4.79 Å². The molecule has 1 aliphatic heterocycles.